The third-order valence-electron chi connectivity index (χ3n) is 3.82. The Kier molecular flexibility index (Phi) is 6.19. The molecule has 0 unspecified atom stereocenters. The highest BCUT2D eigenvalue weighted by Gasteiger charge is 2.10. The SMILES string of the molecule is CCN(CC)c1ccc(NC(=O)/C(C#N)=C\c2ccc(O)cc2)cc1. The largest absolute Gasteiger partial charge is 0.508 e. The highest BCUT2D eigenvalue weighted by Crippen LogP contribution is 2.19. The maximum Gasteiger partial charge on any atom is 0.266 e. The lowest BCUT2D eigenvalue weighted by Gasteiger charge is -2.21. The van der Waals surface area contributed by atoms with E-state index < -0.39 is 5.91 Å². The van der Waals surface area contributed by atoms with Crippen molar-refractivity contribution in [2.75, 3.05) is 23.3 Å². The topological polar surface area (TPSA) is 76.4 Å². The molecule has 0 aromatic heterocycles. The summed E-state index contributed by atoms with van der Waals surface area (Å²) in [6.45, 7) is 6.01. The van der Waals surface area contributed by atoms with E-state index in [-0.39, 0.29) is 11.3 Å². The van der Waals surface area contributed by atoms with Crippen LogP contribution in [0.2, 0.25) is 0 Å². The third kappa shape index (κ3) is 4.85. The minimum Gasteiger partial charge on any atom is -0.508 e. The Bertz CT molecular complexity index is 783. The summed E-state index contributed by atoms with van der Waals surface area (Å²) in [5.74, 6) is -0.334. The van der Waals surface area contributed by atoms with Crippen LogP contribution in [-0.4, -0.2) is 24.1 Å². The summed E-state index contributed by atoms with van der Waals surface area (Å²) in [5, 5.41) is 21.2. The number of nitrogens with one attached hydrogen (secondary N) is 1. The summed E-state index contributed by atoms with van der Waals surface area (Å²) in [4.78, 5) is 14.5. The van der Waals surface area contributed by atoms with E-state index in [1.807, 2.05) is 30.3 Å². The number of carbonyl (C=O) groups is 1. The van der Waals surface area contributed by atoms with Crippen LogP contribution < -0.4 is 10.2 Å². The molecule has 2 N–H and O–H groups in total. The van der Waals surface area contributed by atoms with Crippen molar-refractivity contribution in [1.29, 1.82) is 5.26 Å². The average molecular weight is 335 g/mol. The van der Waals surface area contributed by atoms with Crippen LogP contribution in [0, 0.1) is 11.3 Å². The van der Waals surface area contributed by atoms with Crippen molar-refractivity contribution < 1.29 is 9.90 Å². The lowest BCUT2D eigenvalue weighted by Crippen LogP contribution is -2.21. The molecule has 0 aliphatic rings. The van der Waals surface area contributed by atoms with Crippen LogP contribution in [0.3, 0.4) is 0 Å². The maximum atomic E-state index is 12.3. The zero-order valence-electron chi connectivity index (χ0n) is 14.4. The van der Waals surface area contributed by atoms with Crippen LogP contribution in [0.15, 0.2) is 54.1 Å². The van der Waals surface area contributed by atoms with Crippen LogP contribution in [-0.2, 0) is 4.79 Å². The fourth-order valence-corrected chi connectivity index (χ4v) is 2.43. The van der Waals surface area contributed by atoms with E-state index in [2.05, 4.69) is 24.1 Å². The first kappa shape index (κ1) is 18.1. The number of carbonyl (C=O) groups excluding carboxylic acids is 1. The molecule has 0 aliphatic heterocycles. The molecule has 0 spiro atoms. The first-order valence-electron chi connectivity index (χ1n) is 8.14. The van der Waals surface area contributed by atoms with Crippen molar-refractivity contribution in [2.45, 2.75) is 13.8 Å². The first-order valence-corrected chi connectivity index (χ1v) is 8.14. The minimum absolute atomic E-state index is 0.00138. The number of amides is 1. The molecule has 0 atom stereocenters. The molecule has 1 amide bonds. The van der Waals surface area contributed by atoms with Gasteiger partial charge in [0.15, 0.2) is 0 Å². The molecule has 25 heavy (non-hydrogen) atoms. The normalized spacial score (nSPS) is 10.8. The number of phenolic OH excluding ortho intramolecular Hbond substituents is 1. The Morgan fingerprint density at radius 2 is 1.72 bits per heavy atom. The van der Waals surface area contributed by atoms with Crippen molar-refractivity contribution in [3.8, 4) is 11.8 Å². The first-order chi connectivity index (χ1) is 12.1. The van der Waals surface area contributed by atoms with E-state index in [1.165, 1.54) is 18.2 Å². The van der Waals surface area contributed by atoms with Crippen LogP contribution in [0.5, 0.6) is 5.75 Å². The van der Waals surface area contributed by atoms with Gasteiger partial charge in [-0.15, -0.1) is 0 Å². The molecule has 0 bridgehead atoms. The van der Waals surface area contributed by atoms with Gasteiger partial charge in [-0.1, -0.05) is 12.1 Å². The van der Waals surface area contributed by atoms with Gasteiger partial charge < -0.3 is 15.3 Å². The number of anilines is 2. The average Bonchev–Trinajstić information content (AvgIpc) is 2.63. The fourth-order valence-electron chi connectivity index (χ4n) is 2.43. The van der Waals surface area contributed by atoms with Gasteiger partial charge in [-0.25, -0.2) is 0 Å². The highest BCUT2D eigenvalue weighted by molar-refractivity contribution is 6.09. The summed E-state index contributed by atoms with van der Waals surface area (Å²) in [7, 11) is 0. The Morgan fingerprint density at radius 1 is 1.12 bits per heavy atom. The monoisotopic (exact) mass is 335 g/mol. The Hall–Kier alpha value is -3.26. The molecule has 0 saturated heterocycles. The second kappa shape index (κ2) is 8.55. The smallest absolute Gasteiger partial charge is 0.266 e. The molecule has 5 nitrogen and oxygen atoms in total. The molecule has 2 rings (SSSR count). The second-order valence-corrected chi connectivity index (χ2v) is 5.43. The third-order valence-corrected chi connectivity index (χ3v) is 3.82. The lowest BCUT2D eigenvalue weighted by molar-refractivity contribution is -0.112. The molecular formula is C20H21N3O2. The Morgan fingerprint density at radius 3 is 2.24 bits per heavy atom. The zero-order chi connectivity index (χ0) is 18.2. The van der Waals surface area contributed by atoms with Gasteiger partial charge in [-0.3, -0.25) is 4.79 Å². The summed E-state index contributed by atoms with van der Waals surface area (Å²) in [5.41, 5.74) is 2.38. The molecule has 128 valence electrons. The Balaban J connectivity index is 2.11. The van der Waals surface area contributed by atoms with Crippen LogP contribution >= 0.6 is 0 Å². The molecule has 0 saturated carbocycles. The van der Waals surface area contributed by atoms with E-state index in [1.54, 1.807) is 12.1 Å². The predicted octanol–water partition coefficient (Wildman–Crippen LogP) is 3.78. The zero-order valence-corrected chi connectivity index (χ0v) is 14.4. The van der Waals surface area contributed by atoms with E-state index in [9.17, 15) is 15.2 Å². The number of benzene rings is 2. The van der Waals surface area contributed by atoms with Crippen molar-refractivity contribution in [2.24, 2.45) is 0 Å². The van der Waals surface area contributed by atoms with Crippen LogP contribution in [0.4, 0.5) is 11.4 Å². The van der Waals surface area contributed by atoms with Gasteiger partial charge in [0.2, 0.25) is 0 Å². The molecule has 0 heterocycles. The number of nitriles is 1. The molecule has 0 aliphatic carbocycles. The van der Waals surface area contributed by atoms with Gasteiger partial charge in [0.1, 0.15) is 17.4 Å². The van der Waals surface area contributed by atoms with Gasteiger partial charge in [-0.05, 0) is 61.9 Å². The van der Waals surface area contributed by atoms with Gasteiger partial charge in [-0.2, -0.15) is 5.26 Å². The number of hydrogen-bond donors (Lipinski definition) is 2. The van der Waals surface area contributed by atoms with Crippen molar-refractivity contribution >= 4 is 23.4 Å². The molecule has 0 radical (unpaired) electrons. The second-order valence-electron chi connectivity index (χ2n) is 5.43. The predicted molar refractivity (Wildman–Crippen MR) is 100 cm³/mol. The summed E-state index contributed by atoms with van der Waals surface area (Å²) >= 11 is 0. The fraction of sp³-hybridized carbons (Fsp3) is 0.200. The number of nitrogens with zero attached hydrogens (tertiary/aromatic N) is 2. The standard InChI is InChI=1S/C20H21N3O2/c1-3-23(4-2)18-9-7-17(8-10-18)22-20(25)16(14-21)13-15-5-11-19(24)12-6-15/h5-13,24H,3-4H2,1-2H3,(H,22,25)/b16-13-. The molecule has 2 aromatic carbocycles. The number of aromatic hydroxyl groups is 1. The quantitative estimate of drug-likeness (QED) is 0.622. The van der Waals surface area contributed by atoms with Crippen molar-refractivity contribution in [3.63, 3.8) is 0 Å². The van der Waals surface area contributed by atoms with Gasteiger partial charge in [0.25, 0.3) is 5.91 Å². The van der Waals surface area contributed by atoms with Gasteiger partial charge >= 0.3 is 0 Å². The molecular weight excluding hydrogens is 314 g/mol. The van der Waals surface area contributed by atoms with Crippen LogP contribution in [0.1, 0.15) is 19.4 Å². The van der Waals surface area contributed by atoms with Crippen molar-refractivity contribution in [3.05, 3.63) is 59.7 Å². The van der Waals surface area contributed by atoms with Gasteiger partial charge in [0.05, 0.1) is 0 Å². The summed E-state index contributed by atoms with van der Waals surface area (Å²) < 4.78 is 0. The van der Waals surface area contributed by atoms with Crippen LogP contribution in [0.25, 0.3) is 6.08 Å². The van der Waals surface area contributed by atoms with E-state index in [0.29, 0.717) is 11.3 Å². The highest BCUT2D eigenvalue weighted by atomic mass is 16.3. The number of hydrogen-bond acceptors (Lipinski definition) is 4. The maximum absolute atomic E-state index is 12.3. The summed E-state index contributed by atoms with van der Waals surface area (Å²) in [6, 6.07) is 15.7. The van der Waals surface area contributed by atoms with Gasteiger partial charge in [0, 0.05) is 24.5 Å². The van der Waals surface area contributed by atoms with E-state index >= 15 is 0 Å². The van der Waals surface area contributed by atoms with E-state index in [0.717, 1.165) is 18.8 Å². The number of rotatable bonds is 6. The minimum atomic E-state index is -0.467. The lowest BCUT2D eigenvalue weighted by atomic mass is 10.1. The molecule has 5 heteroatoms. The molecule has 2 aromatic rings. The Labute approximate surface area is 147 Å². The van der Waals surface area contributed by atoms with E-state index in [4.69, 9.17) is 0 Å². The molecule has 0 fully saturated rings. The summed E-state index contributed by atoms with van der Waals surface area (Å²) in [6.07, 6.45) is 1.49. The number of phenols is 1. The van der Waals surface area contributed by atoms with Crippen molar-refractivity contribution in [1.82, 2.24) is 0 Å².